The lowest BCUT2D eigenvalue weighted by molar-refractivity contribution is 0.478. The molecule has 6 heteroatoms. The summed E-state index contributed by atoms with van der Waals surface area (Å²) in [5.74, 6) is 5.37. The highest BCUT2D eigenvalue weighted by Crippen LogP contribution is 2.40. The van der Waals surface area contributed by atoms with Gasteiger partial charge in [-0.2, -0.15) is 5.10 Å². The van der Waals surface area contributed by atoms with Crippen LogP contribution in [0.4, 0.5) is 0 Å². The summed E-state index contributed by atoms with van der Waals surface area (Å²) < 4.78 is 0. The summed E-state index contributed by atoms with van der Waals surface area (Å²) >= 11 is 13.2. The van der Waals surface area contributed by atoms with E-state index in [4.69, 9.17) is 29.0 Å². The fourth-order valence-electron chi connectivity index (χ4n) is 1.52. The average Bonchev–Trinajstić information content (AvgIpc) is 2.74. The zero-order valence-corrected chi connectivity index (χ0v) is 11.8. The molecule has 2 rings (SSSR count). The maximum Gasteiger partial charge on any atom is 0.143 e. The minimum absolute atomic E-state index is 0.157. The van der Waals surface area contributed by atoms with E-state index in [1.165, 1.54) is 11.3 Å². The molecule has 0 aliphatic rings. The summed E-state index contributed by atoms with van der Waals surface area (Å²) in [4.78, 5) is 0.714. The Kier molecular flexibility index (Phi) is 3.80. The Labute approximate surface area is 118 Å². The maximum atomic E-state index is 10.1. The van der Waals surface area contributed by atoms with E-state index in [0.29, 0.717) is 26.2 Å². The standard InChI is InChI=1S/C12H10Cl2N2OS/c1-6(16-15)8-5-18-12(11(8)17)7-2-3-9(13)10(14)4-7/h2-5,17H,15H2,1H3/b16-6-. The Balaban J connectivity index is 2.52. The molecule has 0 saturated carbocycles. The first kappa shape index (κ1) is 13.2. The van der Waals surface area contributed by atoms with Crippen molar-refractivity contribution in [2.45, 2.75) is 6.92 Å². The summed E-state index contributed by atoms with van der Waals surface area (Å²) in [6, 6.07) is 5.22. The van der Waals surface area contributed by atoms with Gasteiger partial charge in [0.25, 0.3) is 0 Å². The van der Waals surface area contributed by atoms with Crippen molar-refractivity contribution in [3.8, 4) is 16.2 Å². The summed E-state index contributed by atoms with van der Waals surface area (Å²) in [6.45, 7) is 1.74. The van der Waals surface area contributed by atoms with Crippen LogP contribution in [0.1, 0.15) is 12.5 Å². The molecule has 1 heterocycles. The molecule has 0 saturated heterocycles. The van der Waals surface area contributed by atoms with Crippen molar-refractivity contribution in [2.75, 3.05) is 0 Å². The van der Waals surface area contributed by atoms with E-state index >= 15 is 0 Å². The predicted octanol–water partition coefficient (Wildman–Crippen LogP) is 4.11. The van der Waals surface area contributed by atoms with Gasteiger partial charge in [0.2, 0.25) is 0 Å². The van der Waals surface area contributed by atoms with Gasteiger partial charge in [-0.05, 0) is 24.6 Å². The number of thiophene rings is 1. The molecular weight excluding hydrogens is 291 g/mol. The van der Waals surface area contributed by atoms with E-state index in [-0.39, 0.29) is 5.75 Å². The van der Waals surface area contributed by atoms with Crippen molar-refractivity contribution in [2.24, 2.45) is 10.9 Å². The van der Waals surface area contributed by atoms with Crippen LogP contribution in [-0.4, -0.2) is 10.8 Å². The summed E-state index contributed by atoms with van der Waals surface area (Å²) in [7, 11) is 0. The highest BCUT2D eigenvalue weighted by molar-refractivity contribution is 7.14. The van der Waals surface area contributed by atoms with Gasteiger partial charge in [-0.25, -0.2) is 0 Å². The number of benzene rings is 1. The van der Waals surface area contributed by atoms with E-state index < -0.39 is 0 Å². The number of hydrogen-bond acceptors (Lipinski definition) is 4. The highest BCUT2D eigenvalue weighted by Gasteiger charge is 2.15. The fourth-order valence-corrected chi connectivity index (χ4v) is 2.82. The molecule has 0 spiro atoms. The molecule has 0 amide bonds. The maximum absolute atomic E-state index is 10.1. The van der Waals surface area contributed by atoms with Crippen LogP contribution in [0.5, 0.6) is 5.75 Å². The van der Waals surface area contributed by atoms with Gasteiger partial charge in [-0.3, -0.25) is 0 Å². The third-order valence-corrected chi connectivity index (χ3v) is 4.29. The minimum Gasteiger partial charge on any atom is -0.506 e. The van der Waals surface area contributed by atoms with Gasteiger partial charge in [-0.15, -0.1) is 11.3 Å². The predicted molar refractivity (Wildman–Crippen MR) is 77.8 cm³/mol. The van der Waals surface area contributed by atoms with Gasteiger partial charge >= 0.3 is 0 Å². The molecule has 0 fully saturated rings. The van der Waals surface area contributed by atoms with Crippen molar-refractivity contribution in [3.05, 3.63) is 39.2 Å². The van der Waals surface area contributed by atoms with Crippen LogP contribution in [0, 0.1) is 0 Å². The number of halogens is 2. The van der Waals surface area contributed by atoms with Crippen LogP contribution in [0.15, 0.2) is 28.7 Å². The Morgan fingerprint density at radius 2 is 2.06 bits per heavy atom. The van der Waals surface area contributed by atoms with Crippen LogP contribution in [-0.2, 0) is 0 Å². The topological polar surface area (TPSA) is 58.6 Å². The number of nitrogens with two attached hydrogens (primary N) is 1. The summed E-state index contributed by atoms with van der Waals surface area (Å²) in [6.07, 6.45) is 0. The van der Waals surface area contributed by atoms with Gasteiger partial charge in [0.15, 0.2) is 0 Å². The van der Waals surface area contributed by atoms with Gasteiger partial charge < -0.3 is 10.9 Å². The molecule has 2 aromatic rings. The molecule has 0 aliphatic heterocycles. The second kappa shape index (κ2) is 5.18. The van der Waals surface area contributed by atoms with E-state index in [2.05, 4.69) is 5.10 Å². The summed E-state index contributed by atoms with van der Waals surface area (Å²) in [5, 5.41) is 16.5. The lowest BCUT2D eigenvalue weighted by Crippen LogP contribution is -1.96. The first-order chi connectivity index (χ1) is 8.54. The average molecular weight is 301 g/mol. The molecule has 18 heavy (non-hydrogen) atoms. The van der Waals surface area contributed by atoms with E-state index in [1.54, 1.807) is 30.5 Å². The van der Waals surface area contributed by atoms with Crippen molar-refractivity contribution < 1.29 is 5.11 Å². The van der Waals surface area contributed by atoms with Crippen molar-refractivity contribution >= 4 is 40.3 Å². The van der Waals surface area contributed by atoms with Gasteiger partial charge in [-0.1, -0.05) is 29.3 Å². The van der Waals surface area contributed by atoms with Crippen LogP contribution in [0.2, 0.25) is 10.0 Å². The van der Waals surface area contributed by atoms with Crippen molar-refractivity contribution in [3.63, 3.8) is 0 Å². The Morgan fingerprint density at radius 3 is 2.67 bits per heavy atom. The minimum atomic E-state index is 0.157. The number of hydrazone groups is 1. The smallest absolute Gasteiger partial charge is 0.143 e. The molecule has 0 atom stereocenters. The zero-order valence-electron chi connectivity index (χ0n) is 9.45. The van der Waals surface area contributed by atoms with E-state index in [9.17, 15) is 5.11 Å². The molecule has 1 aromatic heterocycles. The molecule has 3 nitrogen and oxygen atoms in total. The highest BCUT2D eigenvalue weighted by atomic mass is 35.5. The van der Waals surface area contributed by atoms with Crippen LogP contribution in [0.3, 0.4) is 0 Å². The molecular formula is C12H10Cl2N2OS. The van der Waals surface area contributed by atoms with Crippen LogP contribution in [0.25, 0.3) is 10.4 Å². The first-order valence-electron chi connectivity index (χ1n) is 5.05. The molecule has 0 radical (unpaired) electrons. The molecule has 0 bridgehead atoms. The van der Waals surface area contributed by atoms with Gasteiger partial charge in [0.05, 0.1) is 26.2 Å². The summed E-state index contributed by atoms with van der Waals surface area (Å²) in [5.41, 5.74) is 2.02. The Bertz CT molecular complexity index is 623. The number of aromatic hydroxyl groups is 1. The second-order valence-corrected chi connectivity index (χ2v) is 5.36. The van der Waals surface area contributed by atoms with Crippen molar-refractivity contribution in [1.82, 2.24) is 0 Å². The lowest BCUT2D eigenvalue weighted by atomic mass is 10.1. The second-order valence-electron chi connectivity index (χ2n) is 3.67. The molecule has 0 aliphatic carbocycles. The van der Waals surface area contributed by atoms with Gasteiger partial charge in [0.1, 0.15) is 5.75 Å². The normalized spacial score (nSPS) is 11.8. The molecule has 1 aromatic carbocycles. The number of nitrogens with zero attached hydrogens (tertiary/aromatic N) is 1. The van der Waals surface area contributed by atoms with E-state index in [0.717, 1.165) is 5.56 Å². The zero-order chi connectivity index (χ0) is 13.3. The van der Waals surface area contributed by atoms with Crippen molar-refractivity contribution in [1.29, 1.82) is 0 Å². The largest absolute Gasteiger partial charge is 0.506 e. The number of hydrogen-bond donors (Lipinski definition) is 2. The quantitative estimate of drug-likeness (QED) is 0.498. The van der Waals surface area contributed by atoms with E-state index in [1.807, 2.05) is 0 Å². The Hall–Kier alpha value is -1.23. The van der Waals surface area contributed by atoms with Crippen LogP contribution >= 0.6 is 34.5 Å². The monoisotopic (exact) mass is 300 g/mol. The molecule has 0 unspecified atom stereocenters. The SMILES string of the molecule is C/C(=N/N)c1csc(-c2ccc(Cl)c(Cl)c2)c1O. The Morgan fingerprint density at radius 1 is 1.33 bits per heavy atom. The fraction of sp³-hybridized carbons (Fsp3) is 0.0833. The lowest BCUT2D eigenvalue weighted by Gasteiger charge is -2.02. The number of rotatable bonds is 2. The third kappa shape index (κ3) is 2.32. The first-order valence-corrected chi connectivity index (χ1v) is 6.69. The third-order valence-electron chi connectivity index (χ3n) is 2.53. The molecule has 3 N–H and O–H groups in total. The van der Waals surface area contributed by atoms with Gasteiger partial charge in [0, 0.05) is 5.38 Å². The van der Waals surface area contributed by atoms with Crippen LogP contribution < -0.4 is 5.84 Å². The molecule has 94 valence electrons.